The molecular formula is C14H17ClN2O2. The molecule has 1 aromatic carbocycles. The average molecular weight is 281 g/mol. The monoisotopic (exact) mass is 280 g/mol. The normalized spacial score (nSPS) is 21.1. The summed E-state index contributed by atoms with van der Waals surface area (Å²) in [5, 5.41) is 1.70. The van der Waals surface area contributed by atoms with Crippen LogP contribution in [0.5, 0.6) is 0 Å². The number of nitrogens with two attached hydrogens (primary N) is 1. The summed E-state index contributed by atoms with van der Waals surface area (Å²) in [6, 6.07) is 7.54. The molecular weight excluding hydrogens is 264 g/mol. The van der Waals surface area contributed by atoms with E-state index in [2.05, 4.69) is 5.43 Å². The van der Waals surface area contributed by atoms with Crippen molar-refractivity contribution in [1.82, 2.24) is 5.43 Å². The molecule has 0 amide bonds. The fourth-order valence-electron chi connectivity index (χ4n) is 2.57. The van der Waals surface area contributed by atoms with Crippen LogP contribution in [0.2, 0.25) is 5.02 Å². The molecule has 0 aliphatic carbocycles. The molecule has 0 saturated carbocycles. The zero-order valence-corrected chi connectivity index (χ0v) is 11.3. The lowest BCUT2D eigenvalue weighted by atomic mass is 10.1. The Labute approximate surface area is 116 Å². The van der Waals surface area contributed by atoms with Crippen LogP contribution in [0.1, 0.15) is 31.1 Å². The molecule has 4 nitrogen and oxygen atoms in total. The lowest BCUT2D eigenvalue weighted by Crippen LogP contribution is -2.30. The topological polar surface area (TPSA) is 60.4 Å². The molecule has 3 rings (SSSR count). The lowest BCUT2D eigenvalue weighted by Gasteiger charge is -2.17. The summed E-state index contributed by atoms with van der Waals surface area (Å²) < 4.78 is 11.5. The highest BCUT2D eigenvalue weighted by Crippen LogP contribution is 2.30. The molecule has 3 N–H and O–H groups in total. The molecule has 1 aliphatic heterocycles. The van der Waals surface area contributed by atoms with Gasteiger partial charge in [0, 0.05) is 17.0 Å². The van der Waals surface area contributed by atoms with Crippen LogP contribution in [-0.2, 0) is 4.74 Å². The Kier molecular flexibility index (Phi) is 3.75. The van der Waals surface area contributed by atoms with Crippen molar-refractivity contribution in [2.24, 2.45) is 5.84 Å². The Balaban J connectivity index is 1.83. The minimum absolute atomic E-state index is 0.0331. The van der Waals surface area contributed by atoms with Gasteiger partial charge in [0.15, 0.2) is 0 Å². The van der Waals surface area contributed by atoms with Crippen molar-refractivity contribution >= 4 is 22.6 Å². The average Bonchev–Trinajstić information content (AvgIpc) is 3.03. The van der Waals surface area contributed by atoms with Crippen molar-refractivity contribution in [3.8, 4) is 0 Å². The third-order valence-corrected chi connectivity index (χ3v) is 3.80. The number of rotatable bonds is 4. The number of hydrogen-bond acceptors (Lipinski definition) is 4. The fraction of sp³-hybridized carbons (Fsp3) is 0.429. The number of halogens is 1. The molecule has 102 valence electrons. The molecule has 2 atom stereocenters. The van der Waals surface area contributed by atoms with Crippen LogP contribution in [0.3, 0.4) is 0 Å². The predicted molar refractivity (Wildman–Crippen MR) is 74.9 cm³/mol. The van der Waals surface area contributed by atoms with E-state index in [4.69, 9.17) is 26.6 Å². The van der Waals surface area contributed by atoms with Crippen molar-refractivity contribution in [3.05, 3.63) is 35.0 Å². The number of hydrazine groups is 1. The first-order valence-corrected chi connectivity index (χ1v) is 6.91. The van der Waals surface area contributed by atoms with Crippen LogP contribution in [0, 0.1) is 0 Å². The summed E-state index contributed by atoms with van der Waals surface area (Å²) in [5.41, 5.74) is 3.64. The van der Waals surface area contributed by atoms with E-state index in [1.54, 1.807) is 0 Å². The summed E-state index contributed by atoms with van der Waals surface area (Å²) in [7, 11) is 0. The van der Waals surface area contributed by atoms with Gasteiger partial charge < -0.3 is 9.15 Å². The molecule has 1 fully saturated rings. The Bertz CT molecular complexity index is 564. The Morgan fingerprint density at radius 3 is 3.05 bits per heavy atom. The van der Waals surface area contributed by atoms with E-state index < -0.39 is 0 Å². The molecule has 2 unspecified atom stereocenters. The molecule has 19 heavy (non-hydrogen) atoms. The van der Waals surface area contributed by atoms with Gasteiger partial charge in [0.05, 0.1) is 12.1 Å². The van der Waals surface area contributed by atoms with E-state index in [-0.39, 0.29) is 12.1 Å². The number of hydrogen-bond donors (Lipinski definition) is 2. The zero-order chi connectivity index (χ0) is 13.2. The summed E-state index contributed by atoms with van der Waals surface area (Å²) in [5.74, 6) is 6.47. The van der Waals surface area contributed by atoms with Crippen LogP contribution in [0.25, 0.3) is 11.0 Å². The molecule has 0 bridgehead atoms. The summed E-state index contributed by atoms with van der Waals surface area (Å²) in [6.45, 7) is 0.845. The second kappa shape index (κ2) is 5.51. The highest BCUT2D eigenvalue weighted by molar-refractivity contribution is 6.31. The Hall–Kier alpha value is -1.07. The highest BCUT2D eigenvalue weighted by Gasteiger charge is 2.23. The van der Waals surface area contributed by atoms with Gasteiger partial charge in [-0.3, -0.25) is 5.84 Å². The molecule has 0 spiro atoms. The van der Waals surface area contributed by atoms with Crippen molar-refractivity contribution in [2.75, 3.05) is 6.61 Å². The number of fused-ring (bicyclic) bond motifs is 1. The first-order chi connectivity index (χ1) is 9.26. The second-order valence-corrected chi connectivity index (χ2v) is 5.36. The number of furan rings is 1. The van der Waals surface area contributed by atoms with E-state index in [0.29, 0.717) is 5.02 Å². The third-order valence-electron chi connectivity index (χ3n) is 3.56. The van der Waals surface area contributed by atoms with Crippen LogP contribution < -0.4 is 11.3 Å². The van der Waals surface area contributed by atoms with E-state index in [9.17, 15) is 0 Å². The van der Waals surface area contributed by atoms with E-state index in [0.717, 1.165) is 42.6 Å². The van der Waals surface area contributed by atoms with E-state index in [1.165, 1.54) is 0 Å². The standard InChI is InChI=1S/C14H17ClN2O2/c15-10-3-4-13-9(6-10)7-14(19-13)12(17-16)8-11-2-1-5-18-11/h3-4,6-7,11-12,17H,1-2,5,8,16H2. The molecule has 2 heterocycles. The Morgan fingerprint density at radius 1 is 1.42 bits per heavy atom. The van der Waals surface area contributed by atoms with Crippen LogP contribution in [0.15, 0.2) is 28.7 Å². The maximum Gasteiger partial charge on any atom is 0.134 e. The molecule has 1 saturated heterocycles. The van der Waals surface area contributed by atoms with Gasteiger partial charge in [-0.25, -0.2) is 5.43 Å². The van der Waals surface area contributed by atoms with Crippen molar-refractivity contribution in [3.63, 3.8) is 0 Å². The molecule has 2 aromatic rings. The van der Waals surface area contributed by atoms with Gasteiger partial charge in [0.2, 0.25) is 0 Å². The number of benzene rings is 1. The van der Waals surface area contributed by atoms with Crippen molar-refractivity contribution in [1.29, 1.82) is 0 Å². The second-order valence-electron chi connectivity index (χ2n) is 4.92. The SMILES string of the molecule is NNC(CC1CCCO1)c1cc2cc(Cl)ccc2o1. The van der Waals surface area contributed by atoms with Gasteiger partial charge in [0.25, 0.3) is 0 Å². The van der Waals surface area contributed by atoms with Gasteiger partial charge in [-0.2, -0.15) is 0 Å². The van der Waals surface area contributed by atoms with Crippen LogP contribution >= 0.6 is 11.6 Å². The van der Waals surface area contributed by atoms with Gasteiger partial charge >= 0.3 is 0 Å². The van der Waals surface area contributed by atoms with E-state index in [1.807, 2.05) is 24.3 Å². The Morgan fingerprint density at radius 2 is 2.32 bits per heavy atom. The maximum absolute atomic E-state index is 5.98. The minimum atomic E-state index is -0.0331. The molecule has 1 aromatic heterocycles. The highest BCUT2D eigenvalue weighted by atomic mass is 35.5. The van der Waals surface area contributed by atoms with E-state index >= 15 is 0 Å². The molecule has 5 heteroatoms. The predicted octanol–water partition coefficient (Wildman–Crippen LogP) is 3.16. The number of nitrogens with one attached hydrogen (secondary N) is 1. The fourth-order valence-corrected chi connectivity index (χ4v) is 2.75. The van der Waals surface area contributed by atoms with Gasteiger partial charge in [-0.05, 0) is 43.5 Å². The van der Waals surface area contributed by atoms with Crippen molar-refractivity contribution in [2.45, 2.75) is 31.4 Å². The number of ether oxygens (including phenoxy) is 1. The van der Waals surface area contributed by atoms with Crippen molar-refractivity contribution < 1.29 is 9.15 Å². The summed E-state index contributed by atoms with van der Waals surface area (Å²) >= 11 is 5.98. The third kappa shape index (κ3) is 2.77. The molecule has 1 aliphatic rings. The lowest BCUT2D eigenvalue weighted by molar-refractivity contribution is 0.0922. The smallest absolute Gasteiger partial charge is 0.134 e. The largest absolute Gasteiger partial charge is 0.459 e. The van der Waals surface area contributed by atoms with Crippen LogP contribution in [0.4, 0.5) is 0 Å². The quantitative estimate of drug-likeness (QED) is 0.667. The van der Waals surface area contributed by atoms with Gasteiger partial charge in [-0.15, -0.1) is 0 Å². The van der Waals surface area contributed by atoms with Gasteiger partial charge in [-0.1, -0.05) is 11.6 Å². The van der Waals surface area contributed by atoms with Gasteiger partial charge in [0.1, 0.15) is 11.3 Å². The van der Waals surface area contributed by atoms with Crippen LogP contribution in [-0.4, -0.2) is 12.7 Å². The minimum Gasteiger partial charge on any atom is -0.459 e. The molecule has 0 radical (unpaired) electrons. The first kappa shape index (κ1) is 12.9. The zero-order valence-electron chi connectivity index (χ0n) is 10.6. The summed E-state index contributed by atoms with van der Waals surface area (Å²) in [6.07, 6.45) is 3.30. The summed E-state index contributed by atoms with van der Waals surface area (Å²) in [4.78, 5) is 0. The first-order valence-electron chi connectivity index (χ1n) is 6.53. The maximum atomic E-state index is 5.98.